The summed E-state index contributed by atoms with van der Waals surface area (Å²) in [6, 6.07) is 7.58. The van der Waals surface area contributed by atoms with Gasteiger partial charge in [0, 0.05) is 4.47 Å². The summed E-state index contributed by atoms with van der Waals surface area (Å²) in [6.45, 7) is 4.27. The van der Waals surface area contributed by atoms with Crippen LogP contribution in [0.15, 0.2) is 39.0 Å². The molecule has 0 atom stereocenters. The lowest BCUT2D eigenvalue weighted by Gasteiger charge is -2.06. The molecule has 0 bridgehead atoms. The van der Waals surface area contributed by atoms with E-state index in [1.807, 2.05) is 44.4 Å². The molecule has 0 spiro atoms. The number of benzene rings is 1. The van der Waals surface area contributed by atoms with Gasteiger partial charge in [0.2, 0.25) is 5.88 Å². The summed E-state index contributed by atoms with van der Waals surface area (Å²) in [5.41, 5.74) is 2.08. The highest BCUT2D eigenvalue weighted by Crippen LogP contribution is 2.34. The van der Waals surface area contributed by atoms with Gasteiger partial charge in [0.25, 0.3) is 0 Å². The van der Waals surface area contributed by atoms with Gasteiger partial charge in [-0.05, 0) is 44.4 Å². The number of halogens is 1. The lowest BCUT2D eigenvalue weighted by atomic mass is 10.3. The average molecular weight is 399 g/mol. The number of azo groups is 1. The average Bonchev–Trinajstić information content (AvgIpc) is 2.83. The second kappa shape index (κ2) is 7.85. The van der Waals surface area contributed by atoms with Crippen molar-refractivity contribution in [1.82, 2.24) is 9.78 Å². The zero-order valence-electron chi connectivity index (χ0n) is 12.4. The van der Waals surface area contributed by atoms with Gasteiger partial charge in [0.15, 0.2) is 10.0 Å². The SMILES string of the molecule is CCOc1c(N=Nc2ccc(Br)cc2)c(C)nn1C(=S)SC. The second-order valence-electron chi connectivity index (χ2n) is 4.23. The fourth-order valence-electron chi connectivity index (χ4n) is 1.70. The molecule has 2 rings (SSSR count). The highest BCUT2D eigenvalue weighted by atomic mass is 79.9. The van der Waals surface area contributed by atoms with Crippen molar-refractivity contribution in [2.75, 3.05) is 12.9 Å². The Morgan fingerprint density at radius 3 is 2.64 bits per heavy atom. The predicted molar refractivity (Wildman–Crippen MR) is 98.0 cm³/mol. The molecule has 0 saturated carbocycles. The summed E-state index contributed by atoms with van der Waals surface area (Å²) in [5.74, 6) is 0.528. The number of thiocarbonyl (C=S) groups is 1. The van der Waals surface area contributed by atoms with E-state index < -0.39 is 0 Å². The van der Waals surface area contributed by atoms with Crippen LogP contribution < -0.4 is 4.74 Å². The number of hydrogen-bond donors (Lipinski definition) is 0. The molecule has 5 nitrogen and oxygen atoms in total. The molecule has 0 aliphatic rings. The van der Waals surface area contributed by atoms with E-state index in [0.717, 1.165) is 15.9 Å². The summed E-state index contributed by atoms with van der Waals surface area (Å²) < 4.78 is 8.85. The van der Waals surface area contributed by atoms with Gasteiger partial charge in [-0.15, -0.1) is 5.11 Å². The molecule has 0 fully saturated rings. The Hall–Kier alpha value is -1.25. The van der Waals surface area contributed by atoms with Crippen molar-refractivity contribution < 1.29 is 4.74 Å². The first-order valence-corrected chi connectivity index (χ1v) is 8.97. The van der Waals surface area contributed by atoms with Crippen LogP contribution in [-0.4, -0.2) is 27.0 Å². The normalized spacial score (nSPS) is 11.1. The van der Waals surface area contributed by atoms with Crippen LogP contribution in [0, 0.1) is 6.92 Å². The molecule has 0 amide bonds. The minimum Gasteiger partial charge on any atom is -0.476 e. The third-order valence-electron chi connectivity index (χ3n) is 2.71. The molecular weight excluding hydrogens is 384 g/mol. The Morgan fingerprint density at radius 1 is 1.36 bits per heavy atom. The van der Waals surface area contributed by atoms with Gasteiger partial charge in [-0.2, -0.15) is 14.9 Å². The largest absolute Gasteiger partial charge is 0.476 e. The van der Waals surface area contributed by atoms with Gasteiger partial charge < -0.3 is 4.74 Å². The van der Waals surface area contributed by atoms with E-state index in [-0.39, 0.29) is 0 Å². The Morgan fingerprint density at radius 2 is 2.05 bits per heavy atom. The van der Waals surface area contributed by atoms with Crippen molar-refractivity contribution in [3.05, 3.63) is 34.4 Å². The van der Waals surface area contributed by atoms with Crippen molar-refractivity contribution >= 4 is 55.6 Å². The van der Waals surface area contributed by atoms with Gasteiger partial charge in [-0.1, -0.05) is 39.9 Å². The molecule has 0 radical (unpaired) electrons. The minimum absolute atomic E-state index is 0.503. The van der Waals surface area contributed by atoms with Gasteiger partial charge in [-0.25, -0.2) is 0 Å². The molecule has 0 aliphatic carbocycles. The third kappa shape index (κ3) is 3.93. The summed E-state index contributed by atoms with van der Waals surface area (Å²) >= 11 is 10.1. The first-order valence-electron chi connectivity index (χ1n) is 6.54. The van der Waals surface area contributed by atoms with Crippen LogP contribution in [-0.2, 0) is 0 Å². The third-order valence-corrected chi connectivity index (χ3v) is 4.43. The number of nitrogens with zero attached hydrogens (tertiary/aromatic N) is 4. The molecule has 1 aromatic heterocycles. The maximum absolute atomic E-state index is 5.66. The Kier molecular flexibility index (Phi) is 6.10. The van der Waals surface area contributed by atoms with Crippen molar-refractivity contribution in [3.63, 3.8) is 0 Å². The maximum Gasteiger partial charge on any atom is 0.246 e. The quantitative estimate of drug-likeness (QED) is 0.520. The monoisotopic (exact) mass is 398 g/mol. The molecule has 116 valence electrons. The van der Waals surface area contributed by atoms with Crippen LogP contribution in [0.3, 0.4) is 0 Å². The fraction of sp³-hybridized carbons (Fsp3) is 0.286. The molecule has 1 aromatic carbocycles. The van der Waals surface area contributed by atoms with Gasteiger partial charge in [0.05, 0.1) is 18.0 Å². The molecular formula is C14H15BrN4OS2. The van der Waals surface area contributed by atoms with Crippen LogP contribution in [0.4, 0.5) is 11.4 Å². The van der Waals surface area contributed by atoms with Crippen molar-refractivity contribution in [2.24, 2.45) is 10.2 Å². The lowest BCUT2D eigenvalue weighted by Crippen LogP contribution is -2.09. The van der Waals surface area contributed by atoms with E-state index in [9.17, 15) is 0 Å². The summed E-state index contributed by atoms with van der Waals surface area (Å²) in [7, 11) is 0. The van der Waals surface area contributed by atoms with Crippen molar-refractivity contribution in [2.45, 2.75) is 13.8 Å². The first kappa shape index (κ1) is 17.1. The van der Waals surface area contributed by atoms with Crippen molar-refractivity contribution in [3.8, 4) is 5.88 Å². The molecule has 0 unspecified atom stereocenters. The van der Waals surface area contributed by atoms with E-state index in [1.54, 1.807) is 4.68 Å². The number of ether oxygens (including phenoxy) is 1. The number of aromatic nitrogens is 2. The number of aryl methyl sites for hydroxylation is 1. The molecule has 22 heavy (non-hydrogen) atoms. The molecule has 1 heterocycles. The van der Waals surface area contributed by atoms with E-state index in [0.29, 0.717) is 22.5 Å². The molecule has 0 N–H and O–H groups in total. The van der Waals surface area contributed by atoms with Gasteiger partial charge in [-0.3, -0.25) is 0 Å². The maximum atomic E-state index is 5.66. The zero-order chi connectivity index (χ0) is 16.1. The van der Waals surface area contributed by atoms with Crippen LogP contribution in [0.2, 0.25) is 0 Å². The Bertz CT molecular complexity index is 698. The number of hydrogen-bond acceptors (Lipinski definition) is 6. The van der Waals surface area contributed by atoms with Crippen molar-refractivity contribution in [1.29, 1.82) is 0 Å². The van der Waals surface area contributed by atoms with Gasteiger partial charge >= 0.3 is 0 Å². The van der Waals surface area contributed by atoms with Crippen LogP contribution in [0.25, 0.3) is 0 Å². The smallest absolute Gasteiger partial charge is 0.246 e. The minimum atomic E-state index is 0.503. The topological polar surface area (TPSA) is 51.8 Å². The highest BCUT2D eigenvalue weighted by molar-refractivity contribution is 9.10. The highest BCUT2D eigenvalue weighted by Gasteiger charge is 2.19. The molecule has 2 aromatic rings. The lowest BCUT2D eigenvalue weighted by molar-refractivity contribution is 0.321. The Labute approximate surface area is 147 Å². The standard InChI is InChI=1S/C14H15BrN4OS2/c1-4-20-13-12(9(2)18-19(13)14(21)22-3)17-16-11-7-5-10(15)6-8-11/h5-8H,4H2,1-3H3. The van der Waals surface area contributed by atoms with Crippen LogP contribution >= 0.6 is 39.9 Å². The fourth-order valence-corrected chi connectivity index (χ4v) is 2.39. The van der Waals surface area contributed by atoms with E-state index in [1.165, 1.54) is 11.8 Å². The van der Waals surface area contributed by atoms with E-state index in [4.69, 9.17) is 17.0 Å². The Balaban J connectivity index is 2.39. The van der Waals surface area contributed by atoms with E-state index in [2.05, 4.69) is 31.3 Å². The molecule has 0 aliphatic heterocycles. The summed E-state index contributed by atoms with van der Waals surface area (Å²) in [4.78, 5) is 0. The molecule has 0 saturated heterocycles. The summed E-state index contributed by atoms with van der Waals surface area (Å²) in [6.07, 6.45) is 1.90. The first-order chi connectivity index (χ1) is 10.6. The number of thioether (sulfide) groups is 1. The zero-order valence-corrected chi connectivity index (χ0v) is 15.6. The predicted octanol–water partition coefficient (Wildman–Crippen LogP) is 5.26. The van der Waals surface area contributed by atoms with Crippen LogP contribution in [0.5, 0.6) is 5.88 Å². The van der Waals surface area contributed by atoms with Crippen LogP contribution in [0.1, 0.15) is 12.6 Å². The second-order valence-corrected chi connectivity index (χ2v) is 6.59. The number of rotatable bonds is 4. The van der Waals surface area contributed by atoms with Gasteiger partial charge in [0.1, 0.15) is 0 Å². The molecule has 8 heteroatoms. The summed E-state index contributed by atoms with van der Waals surface area (Å²) in [5, 5.41) is 12.9. The van der Waals surface area contributed by atoms with E-state index >= 15 is 0 Å².